The minimum absolute atomic E-state index is 0.592. The molecule has 6 heteroatoms. The molecule has 1 aromatic carbocycles. The Morgan fingerprint density at radius 2 is 2.04 bits per heavy atom. The van der Waals surface area contributed by atoms with E-state index < -0.39 is 0 Å². The highest BCUT2D eigenvalue weighted by Crippen LogP contribution is 2.14. The Labute approximate surface area is 142 Å². The van der Waals surface area contributed by atoms with Gasteiger partial charge in [-0.05, 0) is 23.8 Å². The van der Waals surface area contributed by atoms with Gasteiger partial charge in [0, 0.05) is 44.0 Å². The molecule has 0 atom stereocenters. The monoisotopic (exact) mass is 332 g/mol. The minimum atomic E-state index is 0.592. The van der Waals surface area contributed by atoms with Gasteiger partial charge in [-0.25, -0.2) is 4.98 Å². The summed E-state index contributed by atoms with van der Waals surface area (Å²) in [6, 6.07) is 11.7. The van der Waals surface area contributed by atoms with Crippen molar-refractivity contribution in [3.8, 4) is 5.88 Å². The summed E-state index contributed by atoms with van der Waals surface area (Å²) in [6.07, 6.45) is 1.71. The van der Waals surface area contributed by atoms with Crippen molar-refractivity contribution in [3.63, 3.8) is 0 Å². The van der Waals surface area contributed by atoms with E-state index in [2.05, 4.69) is 15.3 Å². The Bertz CT molecular complexity index is 658. The molecule has 2 aromatic rings. The highest BCUT2D eigenvalue weighted by Gasteiger charge is 2.09. The van der Waals surface area contributed by atoms with Crippen molar-refractivity contribution in [2.75, 3.05) is 21.2 Å². The van der Waals surface area contributed by atoms with Gasteiger partial charge in [0.05, 0.1) is 7.11 Å². The van der Waals surface area contributed by atoms with Gasteiger partial charge in [-0.2, -0.15) is 0 Å². The number of methoxy groups -OCH3 is 1. The van der Waals surface area contributed by atoms with Crippen LogP contribution in [0.1, 0.15) is 11.1 Å². The molecule has 0 amide bonds. The van der Waals surface area contributed by atoms with Crippen molar-refractivity contribution in [3.05, 3.63) is 58.7 Å². The van der Waals surface area contributed by atoms with Crippen LogP contribution in [0.15, 0.2) is 47.6 Å². The van der Waals surface area contributed by atoms with Gasteiger partial charge in [0.2, 0.25) is 5.88 Å². The van der Waals surface area contributed by atoms with E-state index in [0.717, 1.165) is 23.1 Å². The van der Waals surface area contributed by atoms with Crippen LogP contribution >= 0.6 is 11.6 Å². The fourth-order valence-corrected chi connectivity index (χ4v) is 2.37. The molecule has 0 radical (unpaired) electrons. The summed E-state index contributed by atoms with van der Waals surface area (Å²) in [6.45, 7) is 1.33. The van der Waals surface area contributed by atoms with Crippen molar-refractivity contribution < 1.29 is 4.74 Å². The Morgan fingerprint density at radius 1 is 1.30 bits per heavy atom. The number of hydrogen-bond acceptors (Lipinski definition) is 3. The van der Waals surface area contributed by atoms with Crippen molar-refractivity contribution in [2.24, 2.45) is 4.99 Å². The van der Waals surface area contributed by atoms with Crippen molar-refractivity contribution in [1.82, 2.24) is 15.2 Å². The zero-order valence-corrected chi connectivity index (χ0v) is 14.3. The largest absolute Gasteiger partial charge is 0.481 e. The zero-order valence-electron chi connectivity index (χ0n) is 13.6. The highest BCUT2D eigenvalue weighted by molar-refractivity contribution is 6.30. The number of rotatable bonds is 5. The van der Waals surface area contributed by atoms with Gasteiger partial charge in [-0.1, -0.05) is 29.8 Å². The fourth-order valence-electron chi connectivity index (χ4n) is 2.24. The first-order chi connectivity index (χ1) is 11.1. The molecule has 0 bridgehead atoms. The highest BCUT2D eigenvalue weighted by atomic mass is 35.5. The maximum absolute atomic E-state index is 5.92. The van der Waals surface area contributed by atoms with E-state index in [-0.39, 0.29) is 0 Å². The van der Waals surface area contributed by atoms with E-state index in [4.69, 9.17) is 16.3 Å². The van der Waals surface area contributed by atoms with Crippen molar-refractivity contribution >= 4 is 17.6 Å². The molecule has 0 aliphatic carbocycles. The third-order valence-electron chi connectivity index (χ3n) is 3.39. The molecule has 1 heterocycles. The molecule has 5 nitrogen and oxygen atoms in total. The van der Waals surface area contributed by atoms with Gasteiger partial charge in [0.25, 0.3) is 0 Å². The number of nitrogens with one attached hydrogen (secondary N) is 1. The predicted octanol–water partition coefficient (Wildman–Crippen LogP) is 2.95. The second-order valence-corrected chi connectivity index (χ2v) is 5.49. The van der Waals surface area contributed by atoms with Crippen molar-refractivity contribution in [2.45, 2.75) is 13.1 Å². The van der Waals surface area contributed by atoms with E-state index in [1.165, 1.54) is 5.56 Å². The average Bonchev–Trinajstić information content (AvgIpc) is 2.58. The van der Waals surface area contributed by atoms with Crippen LogP contribution < -0.4 is 10.1 Å². The third-order valence-corrected chi connectivity index (χ3v) is 3.64. The predicted molar refractivity (Wildman–Crippen MR) is 93.9 cm³/mol. The third kappa shape index (κ3) is 4.86. The van der Waals surface area contributed by atoms with Crippen LogP contribution in [-0.2, 0) is 13.1 Å². The number of guanidine groups is 1. The quantitative estimate of drug-likeness (QED) is 0.675. The second kappa shape index (κ2) is 8.39. The van der Waals surface area contributed by atoms with Gasteiger partial charge in [0.1, 0.15) is 0 Å². The van der Waals surface area contributed by atoms with Crippen LogP contribution in [0.3, 0.4) is 0 Å². The molecule has 122 valence electrons. The van der Waals surface area contributed by atoms with Gasteiger partial charge < -0.3 is 15.0 Å². The number of nitrogens with zero attached hydrogens (tertiary/aromatic N) is 3. The lowest BCUT2D eigenvalue weighted by Gasteiger charge is -2.22. The first-order valence-corrected chi connectivity index (χ1v) is 7.66. The lowest BCUT2D eigenvalue weighted by molar-refractivity contribution is 0.391. The zero-order chi connectivity index (χ0) is 16.7. The molecular weight excluding hydrogens is 312 g/mol. The SMILES string of the molecule is CN=C(NCc1cccnc1OC)N(C)Cc1ccc(Cl)cc1. The number of aromatic nitrogens is 1. The topological polar surface area (TPSA) is 49.8 Å². The maximum Gasteiger partial charge on any atom is 0.218 e. The van der Waals surface area contributed by atoms with Crippen LogP contribution in [0.25, 0.3) is 0 Å². The summed E-state index contributed by atoms with van der Waals surface area (Å²) >= 11 is 5.92. The summed E-state index contributed by atoms with van der Waals surface area (Å²) in [4.78, 5) is 10.6. The molecule has 0 aliphatic heterocycles. The Balaban J connectivity index is 1.98. The second-order valence-electron chi connectivity index (χ2n) is 5.06. The van der Waals surface area contributed by atoms with E-state index in [9.17, 15) is 0 Å². The van der Waals surface area contributed by atoms with Crippen LogP contribution in [-0.4, -0.2) is 37.0 Å². The van der Waals surface area contributed by atoms with E-state index in [0.29, 0.717) is 12.4 Å². The van der Waals surface area contributed by atoms with E-state index >= 15 is 0 Å². The molecule has 0 fully saturated rings. The Hall–Kier alpha value is -2.27. The Kier molecular flexibility index (Phi) is 6.23. The smallest absolute Gasteiger partial charge is 0.218 e. The first-order valence-electron chi connectivity index (χ1n) is 7.28. The van der Waals surface area contributed by atoms with Crippen LogP contribution in [0.5, 0.6) is 5.88 Å². The molecule has 0 saturated carbocycles. The first kappa shape index (κ1) is 17.1. The van der Waals surface area contributed by atoms with Gasteiger partial charge >= 0.3 is 0 Å². The molecule has 0 saturated heterocycles. The number of pyridine rings is 1. The molecule has 0 spiro atoms. The normalized spacial score (nSPS) is 11.2. The maximum atomic E-state index is 5.92. The van der Waals surface area contributed by atoms with E-state index in [1.807, 2.05) is 48.3 Å². The standard InChI is InChI=1S/C17H21ClN4O/c1-19-17(21-11-14-5-4-10-20-16(14)23-3)22(2)12-13-6-8-15(18)9-7-13/h4-10H,11-12H2,1-3H3,(H,19,21). The fraction of sp³-hybridized carbons (Fsp3) is 0.294. The molecule has 1 aromatic heterocycles. The Morgan fingerprint density at radius 3 is 2.70 bits per heavy atom. The molecular formula is C17H21ClN4O. The van der Waals surface area contributed by atoms with E-state index in [1.54, 1.807) is 20.4 Å². The van der Waals surface area contributed by atoms with Crippen LogP contribution in [0.2, 0.25) is 5.02 Å². The van der Waals surface area contributed by atoms with Crippen LogP contribution in [0, 0.1) is 0 Å². The average molecular weight is 333 g/mol. The lowest BCUT2D eigenvalue weighted by Crippen LogP contribution is -2.38. The number of hydrogen-bond donors (Lipinski definition) is 1. The lowest BCUT2D eigenvalue weighted by atomic mass is 10.2. The summed E-state index contributed by atoms with van der Waals surface area (Å²) in [7, 11) is 5.37. The minimum Gasteiger partial charge on any atom is -0.481 e. The summed E-state index contributed by atoms with van der Waals surface area (Å²) in [5.74, 6) is 1.42. The van der Waals surface area contributed by atoms with Gasteiger partial charge in [0.15, 0.2) is 5.96 Å². The summed E-state index contributed by atoms with van der Waals surface area (Å²) in [5.41, 5.74) is 2.15. The van der Waals surface area contributed by atoms with Crippen molar-refractivity contribution in [1.29, 1.82) is 0 Å². The number of halogens is 1. The molecule has 0 unspecified atom stereocenters. The molecule has 23 heavy (non-hydrogen) atoms. The number of benzene rings is 1. The molecule has 1 N–H and O–H groups in total. The summed E-state index contributed by atoms with van der Waals surface area (Å²) < 4.78 is 5.26. The van der Waals surface area contributed by atoms with Gasteiger partial charge in [-0.3, -0.25) is 4.99 Å². The summed E-state index contributed by atoms with van der Waals surface area (Å²) in [5, 5.41) is 4.06. The molecule has 0 aliphatic rings. The van der Waals surface area contributed by atoms with Gasteiger partial charge in [-0.15, -0.1) is 0 Å². The molecule has 2 rings (SSSR count). The number of ether oxygens (including phenoxy) is 1. The number of aliphatic imine (C=N–C) groups is 1. The van der Waals surface area contributed by atoms with Crippen LogP contribution in [0.4, 0.5) is 0 Å².